The lowest BCUT2D eigenvalue weighted by molar-refractivity contribution is -0.576. The van der Waals surface area contributed by atoms with E-state index in [0.29, 0.717) is 23.4 Å². The molecule has 0 aliphatic carbocycles. The fourth-order valence-electron chi connectivity index (χ4n) is 2.40. The minimum atomic E-state index is -5.69. The summed E-state index contributed by atoms with van der Waals surface area (Å²) in [5.74, 6) is -2.17. The molecule has 30 heavy (non-hydrogen) atoms. The minimum Gasteiger partial charge on any atom is -0.439 e. The van der Waals surface area contributed by atoms with E-state index in [1.165, 1.54) is 30.3 Å². The molecular formula is C18H13F4N3O4S. The SMILES string of the molecule is Cc1cc(F)cnc1Oc1cccc(SC(C)C(=O)C(C#N)([N+](=O)[O-])C(F)(F)F)c1. The Morgan fingerprint density at radius 3 is 2.57 bits per heavy atom. The molecule has 0 saturated carbocycles. The largest absolute Gasteiger partial charge is 0.484 e. The van der Waals surface area contributed by atoms with Crippen LogP contribution in [0.15, 0.2) is 41.4 Å². The fraction of sp³-hybridized carbons (Fsp3) is 0.278. The van der Waals surface area contributed by atoms with Crippen LogP contribution in [-0.4, -0.2) is 32.7 Å². The quantitative estimate of drug-likeness (QED) is 0.269. The van der Waals surface area contributed by atoms with Crippen molar-refractivity contribution in [1.82, 2.24) is 4.98 Å². The van der Waals surface area contributed by atoms with Gasteiger partial charge in [0.15, 0.2) is 6.07 Å². The summed E-state index contributed by atoms with van der Waals surface area (Å²) in [6.45, 7) is 2.59. The van der Waals surface area contributed by atoms with E-state index >= 15 is 0 Å². The van der Waals surface area contributed by atoms with Crippen LogP contribution in [-0.2, 0) is 4.79 Å². The van der Waals surface area contributed by atoms with Gasteiger partial charge in [-0.05, 0) is 38.1 Å². The summed E-state index contributed by atoms with van der Waals surface area (Å²) < 4.78 is 58.2. The number of carbonyl (C=O) groups is 1. The molecule has 0 N–H and O–H groups in total. The average Bonchev–Trinajstić information content (AvgIpc) is 2.63. The van der Waals surface area contributed by atoms with Gasteiger partial charge in [0.2, 0.25) is 11.7 Å². The number of ether oxygens (including phenoxy) is 1. The van der Waals surface area contributed by atoms with Crippen molar-refractivity contribution >= 4 is 17.5 Å². The second kappa shape index (κ2) is 8.66. The van der Waals surface area contributed by atoms with Gasteiger partial charge in [-0.3, -0.25) is 14.9 Å². The lowest BCUT2D eigenvalue weighted by Crippen LogP contribution is -2.59. The number of nitro groups is 1. The number of carbonyl (C=O) groups excluding carboxylic acids is 1. The van der Waals surface area contributed by atoms with Gasteiger partial charge < -0.3 is 4.74 Å². The van der Waals surface area contributed by atoms with Gasteiger partial charge in [-0.25, -0.2) is 9.37 Å². The van der Waals surface area contributed by atoms with Gasteiger partial charge in [-0.2, -0.15) is 18.4 Å². The van der Waals surface area contributed by atoms with Crippen LogP contribution in [0.1, 0.15) is 12.5 Å². The molecule has 0 bridgehead atoms. The Balaban J connectivity index is 2.26. The van der Waals surface area contributed by atoms with E-state index in [2.05, 4.69) is 4.98 Å². The molecule has 12 heteroatoms. The van der Waals surface area contributed by atoms with E-state index < -0.39 is 33.5 Å². The number of hydrogen-bond donors (Lipinski definition) is 0. The van der Waals surface area contributed by atoms with Crippen molar-refractivity contribution < 1.29 is 32.0 Å². The third-order valence-electron chi connectivity index (χ3n) is 3.90. The highest BCUT2D eigenvalue weighted by molar-refractivity contribution is 8.00. The zero-order valence-electron chi connectivity index (χ0n) is 15.4. The number of nitrogens with zero attached hydrogens (tertiary/aromatic N) is 3. The summed E-state index contributed by atoms with van der Waals surface area (Å²) in [7, 11) is 0. The number of aromatic nitrogens is 1. The van der Waals surface area contributed by atoms with Crippen LogP contribution in [0.5, 0.6) is 11.6 Å². The van der Waals surface area contributed by atoms with Crippen molar-refractivity contribution in [3.8, 4) is 17.7 Å². The van der Waals surface area contributed by atoms with Crippen LogP contribution in [0.2, 0.25) is 0 Å². The van der Waals surface area contributed by atoms with E-state index in [1.54, 1.807) is 6.92 Å². The first-order valence-electron chi connectivity index (χ1n) is 8.16. The Hall–Kier alpha value is -3.20. The highest BCUT2D eigenvalue weighted by Gasteiger charge is 2.73. The van der Waals surface area contributed by atoms with E-state index in [1.807, 2.05) is 0 Å². The second-order valence-electron chi connectivity index (χ2n) is 6.05. The first-order valence-corrected chi connectivity index (χ1v) is 9.04. The van der Waals surface area contributed by atoms with Gasteiger partial charge in [0.1, 0.15) is 11.6 Å². The van der Waals surface area contributed by atoms with Crippen molar-refractivity contribution in [2.24, 2.45) is 0 Å². The van der Waals surface area contributed by atoms with Crippen LogP contribution in [0, 0.1) is 34.2 Å². The summed E-state index contributed by atoms with van der Waals surface area (Å²) in [5.41, 5.74) is -3.96. The smallest absolute Gasteiger partial charge is 0.439 e. The molecule has 2 atom stereocenters. The third-order valence-corrected chi connectivity index (χ3v) is 5.00. The molecule has 0 fully saturated rings. The molecule has 158 valence electrons. The van der Waals surface area contributed by atoms with E-state index in [9.17, 15) is 32.5 Å². The standard InChI is InChI=1S/C18H13F4N3O4S/c1-10-6-12(19)8-24-16(10)29-13-4-3-5-14(7-13)30-11(2)15(26)17(9-23,25(27)28)18(20,21)22/h3-8,11H,1-2H3. The Morgan fingerprint density at radius 1 is 1.37 bits per heavy atom. The zero-order valence-corrected chi connectivity index (χ0v) is 16.3. The summed E-state index contributed by atoms with van der Waals surface area (Å²) >= 11 is 0.593. The number of Topliss-reactive ketones (excluding diaryl/α,β-unsaturated/α-hetero) is 1. The maximum Gasteiger partial charge on any atom is 0.484 e. The number of alkyl halides is 3. The number of rotatable bonds is 7. The van der Waals surface area contributed by atoms with Crippen LogP contribution in [0.3, 0.4) is 0 Å². The predicted octanol–water partition coefficient (Wildman–Crippen LogP) is 4.47. The molecule has 1 aromatic carbocycles. The molecule has 2 aromatic rings. The first-order chi connectivity index (χ1) is 13.9. The van der Waals surface area contributed by atoms with Crippen LogP contribution in [0.25, 0.3) is 0 Å². The second-order valence-corrected chi connectivity index (χ2v) is 7.47. The topological polar surface area (TPSA) is 106 Å². The van der Waals surface area contributed by atoms with E-state index in [0.717, 1.165) is 13.1 Å². The molecule has 0 amide bonds. The number of hydrogen-bond acceptors (Lipinski definition) is 7. The molecule has 2 rings (SSSR count). The summed E-state index contributed by atoms with van der Waals surface area (Å²) in [4.78, 5) is 25.4. The Bertz CT molecular complexity index is 1030. The number of pyridine rings is 1. The molecule has 1 aromatic heterocycles. The molecule has 0 aliphatic heterocycles. The van der Waals surface area contributed by atoms with E-state index in [-0.39, 0.29) is 16.5 Å². The molecule has 0 radical (unpaired) electrons. The lowest BCUT2D eigenvalue weighted by atomic mass is 9.94. The average molecular weight is 443 g/mol. The molecule has 7 nitrogen and oxygen atoms in total. The number of nitriles is 1. The van der Waals surface area contributed by atoms with Crippen LogP contribution in [0.4, 0.5) is 17.6 Å². The zero-order chi connectivity index (χ0) is 22.7. The summed E-state index contributed by atoms with van der Waals surface area (Å²) in [6, 6.07) is 7.50. The minimum absolute atomic E-state index is 0.0941. The van der Waals surface area contributed by atoms with Crippen LogP contribution < -0.4 is 4.74 Å². The number of ketones is 1. The molecule has 0 saturated heterocycles. The van der Waals surface area contributed by atoms with Gasteiger partial charge in [-0.1, -0.05) is 6.07 Å². The van der Waals surface area contributed by atoms with Crippen molar-refractivity contribution in [1.29, 1.82) is 5.26 Å². The van der Waals surface area contributed by atoms with Gasteiger partial charge >= 0.3 is 11.7 Å². The monoisotopic (exact) mass is 443 g/mol. The van der Waals surface area contributed by atoms with Crippen LogP contribution >= 0.6 is 11.8 Å². The summed E-state index contributed by atoms with van der Waals surface area (Å²) in [6.07, 6.45) is -4.74. The highest BCUT2D eigenvalue weighted by atomic mass is 32.2. The maximum absolute atomic E-state index is 13.2. The normalized spacial score (nSPS) is 14.3. The molecule has 1 heterocycles. The fourth-order valence-corrected chi connectivity index (χ4v) is 3.43. The molecular weight excluding hydrogens is 430 g/mol. The van der Waals surface area contributed by atoms with Gasteiger partial charge in [0.05, 0.1) is 16.4 Å². The Morgan fingerprint density at radius 2 is 2.03 bits per heavy atom. The van der Waals surface area contributed by atoms with Gasteiger partial charge in [-0.15, -0.1) is 11.8 Å². The lowest BCUT2D eigenvalue weighted by Gasteiger charge is -2.22. The Kier molecular flexibility index (Phi) is 6.66. The number of halogens is 4. The maximum atomic E-state index is 13.2. The highest BCUT2D eigenvalue weighted by Crippen LogP contribution is 2.38. The molecule has 2 unspecified atom stereocenters. The van der Waals surface area contributed by atoms with Gasteiger partial charge in [0.25, 0.3) is 0 Å². The van der Waals surface area contributed by atoms with Gasteiger partial charge in [0, 0.05) is 10.5 Å². The Labute approximate surface area is 171 Å². The molecule has 0 aliphatic rings. The van der Waals surface area contributed by atoms with Crippen molar-refractivity contribution in [2.75, 3.05) is 0 Å². The number of benzene rings is 1. The van der Waals surface area contributed by atoms with Crippen molar-refractivity contribution in [3.63, 3.8) is 0 Å². The summed E-state index contributed by atoms with van der Waals surface area (Å²) in [5, 5.41) is 18.2. The number of aryl methyl sites for hydroxylation is 1. The van der Waals surface area contributed by atoms with Crippen molar-refractivity contribution in [3.05, 3.63) is 58.0 Å². The number of thioether (sulfide) groups is 1. The third kappa shape index (κ3) is 4.51. The molecule has 0 spiro atoms. The predicted molar refractivity (Wildman–Crippen MR) is 97.2 cm³/mol. The first kappa shape index (κ1) is 23.1. The van der Waals surface area contributed by atoms with Crippen molar-refractivity contribution in [2.45, 2.75) is 35.7 Å². The van der Waals surface area contributed by atoms with E-state index in [4.69, 9.17) is 10.00 Å².